The molecule has 310 valence electrons. The molecule has 7 rings (SSSR count). The second kappa shape index (κ2) is 17.8. The van der Waals surface area contributed by atoms with Crippen LogP contribution in [-0.4, -0.2) is 82.1 Å². The summed E-state index contributed by atoms with van der Waals surface area (Å²) in [5.41, 5.74) is 5.78. The van der Waals surface area contributed by atoms with E-state index >= 15 is 0 Å². The topological polar surface area (TPSA) is 159 Å². The van der Waals surface area contributed by atoms with E-state index in [1.165, 1.54) is 28.8 Å². The maximum atomic E-state index is 13.8. The van der Waals surface area contributed by atoms with Crippen LogP contribution in [0, 0.1) is 15.5 Å². The van der Waals surface area contributed by atoms with Crippen molar-refractivity contribution in [3.63, 3.8) is 0 Å². The first-order chi connectivity index (χ1) is 28.3. The van der Waals surface area contributed by atoms with Crippen LogP contribution in [0.4, 0.5) is 17.1 Å². The monoisotopic (exact) mass is 840 g/mol. The van der Waals surface area contributed by atoms with Gasteiger partial charge in [0.15, 0.2) is 0 Å². The SMILES string of the molecule is COCCCNc1ccc(S(=O)(=O)NC(=O)c2ccc(N3CCN(CC4=C(c5ccc(Cl)cc5)CC(C)(C)CC4)CC3)cc2Oc2ccc3[nH]ccc3c2)cc1[N+](=O)[O-]. The number of nitrogens with zero attached hydrogens (tertiary/aromatic N) is 3. The van der Waals surface area contributed by atoms with Crippen molar-refractivity contribution in [2.24, 2.45) is 5.41 Å². The Morgan fingerprint density at radius 1 is 0.983 bits per heavy atom. The molecule has 59 heavy (non-hydrogen) atoms. The molecule has 1 aliphatic heterocycles. The summed E-state index contributed by atoms with van der Waals surface area (Å²) in [4.78, 5) is 32.5. The van der Waals surface area contributed by atoms with Gasteiger partial charge in [0.05, 0.1) is 15.4 Å². The first kappa shape index (κ1) is 41.7. The van der Waals surface area contributed by atoms with E-state index in [1.807, 2.05) is 36.5 Å². The first-order valence-corrected chi connectivity index (χ1v) is 21.6. The Bertz CT molecular complexity index is 2480. The summed E-state index contributed by atoms with van der Waals surface area (Å²) in [5.74, 6) is -0.318. The molecule has 15 heteroatoms. The van der Waals surface area contributed by atoms with Crippen LogP contribution in [0.2, 0.25) is 5.02 Å². The number of hydrogen-bond donors (Lipinski definition) is 3. The smallest absolute Gasteiger partial charge is 0.293 e. The van der Waals surface area contributed by atoms with Gasteiger partial charge in [0.1, 0.15) is 17.2 Å². The van der Waals surface area contributed by atoms with Crippen LogP contribution in [0.1, 0.15) is 55.5 Å². The molecule has 4 aromatic carbocycles. The van der Waals surface area contributed by atoms with Crippen molar-refractivity contribution in [2.45, 2.75) is 44.4 Å². The summed E-state index contributed by atoms with van der Waals surface area (Å²) < 4.78 is 40.6. The molecule has 0 radical (unpaired) electrons. The Balaban J connectivity index is 1.10. The third-order valence-corrected chi connectivity index (χ3v) is 12.6. The Labute approximate surface area is 349 Å². The minimum Gasteiger partial charge on any atom is -0.456 e. The third kappa shape index (κ3) is 10.1. The number of piperazine rings is 1. The number of hydrogen-bond acceptors (Lipinski definition) is 10. The number of benzene rings is 4. The van der Waals surface area contributed by atoms with Gasteiger partial charge in [-0.05, 0) is 103 Å². The number of aromatic nitrogens is 1. The molecule has 1 amide bonds. The van der Waals surface area contributed by atoms with Crippen LogP contribution in [0.5, 0.6) is 11.5 Å². The van der Waals surface area contributed by atoms with Gasteiger partial charge in [0.25, 0.3) is 21.6 Å². The zero-order valence-corrected chi connectivity index (χ0v) is 35.0. The van der Waals surface area contributed by atoms with E-state index in [0.717, 1.165) is 79.7 Å². The van der Waals surface area contributed by atoms with Gasteiger partial charge in [-0.1, -0.05) is 43.2 Å². The number of fused-ring (bicyclic) bond motifs is 1. The fourth-order valence-electron chi connectivity index (χ4n) is 7.75. The third-order valence-electron chi connectivity index (χ3n) is 11.0. The maximum absolute atomic E-state index is 13.8. The maximum Gasteiger partial charge on any atom is 0.293 e. The van der Waals surface area contributed by atoms with Crippen LogP contribution in [0.3, 0.4) is 0 Å². The van der Waals surface area contributed by atoms with E-state index in [-0.39, 0.29) is 22.4 Å². The number of nitrogens with one attached hydrogen (secondary N) is 3. The van der Waals surface area contributed by atoms with Crippen molar-refractivity contribution < 1.29 is 27.6 Å². The summed E-state index contributed by atoms with van der Waals surface area (Å²) in [7, 11) is -2.98. The van der Waals surface area contributed by atoms with E-state index in [4.69, 9.17) is 21.1 Å². The molecule has 1 fully saturated rings. The van der Waals surface area contributed by atoms with Crippen molar-refractivity contribution in [1.82, 2.24) is 14.6 Å². The van der Waals surface area contributed by atoms with Crippen molar-refractivity contribution in [1.29, 1.82) is 0 Å². The average molecular weight is 841 g/mol. The summed E-state index contributed by atoms with van der Waals surface area (Å²) in [6.07, 6.45) is 5.61. The normalized spacial score (nSPS) is 16.0. The summed E-state index contributed by atoms with van der Waals surface area (Å²) >= 11 is 6.23. The number of allylic oxidation sites excluding steroid dienone is 1. The fourth-order valence-corrected chi connectivity index (χ4v) is 8.87. The fraction of sp³-hybridized carbons (Fsp3) is 0.341. The number of ether oxygens (including phenoxy) is 2. The first-order valence-electron chi connectivity index (χ1n) is 19.7. The standard InChI is InChI=1S/C44H49ClN6O7S/c1-44(2)17-15-32(38(28-44)30-5-7-33(45)8-6-30)29-49-20-22-50(23-21-49)34-9-12-37(42(26-34)58-35-10-13-39-31(25-35)16-19-47-39)43(52)48-59(55,56)36-11-14-40(41(27-36)51(53)54)46-18-4-24-57-3/h5-14,16,19,25-27,46-47H,4,15,17-18,20-24,28-29H2,1-3H3,(H,48,52). The van der Waals surface area contributed by atoms with E-state index in [1.54, 1.807) is 31.4 Å². The van der Waals surface area contributed by atoms with Gasteiger partial charge in [-0.25, -0.2) is 13.1 Å². The average Bonchev–Trinajstić information content (AvgIpc) is 3.69. The summed E-state index contributed by atoms with van der Waals surface area (Å²) in [6.45, 7) is 9.52. The number of nitro benzene ring substituents is 1. The minimum atomic E-state index is -4.54. The highest BCUT2D eigenvalue weighted by atomic mass is 35.5. The molecular weight excluding hydrogens is 792 g/mol. The number of H-pyrrole nitrogens is 1. The zero-order chi connectivity index (χ0) is 41.7. The molecule has 0 saturated carbocycles. The molecule has 13 nitrogen and oxygen atoms in total. The Morgan fingerprint density at radius 3 is 2.51 bits per heavy atom. The number of carbonyl (C=O) groups is 1. The van der Waals surface area contributed by atoms with Gasteiger partial charge >= 0.3 is 0 Å². The molecule has 0 atom stereocenters. The lowest BCUT2D eigenvalue weighted by Crippen LogP contribution is -2.47. The summed E-state index contributed by atoms with van der Waals surface area (Å²) in [5, 5.41) is 16.5. The Kier molecular flexibility index (Phi) is 12.6. The Hall–Kier alpha value is -5.41. The van der Waals surface area contributed by atoms with Crippen molar-refractivity contribution in [2.75, 3.05) is 63.2 Å². The minimum absolute atomic E-state index is 0.0158. The molecule has 1 aromatic heterocycles. The molecule has 2 aliphatic rings. The van der Waals surface area contributed by atoms with Crippen molar-refractivity contribution in [3.05, 3.63) is 123 Å². The van der Waals surface area contributed by atoms with Crippen molar-refractivity contribution in [3.8, 4) is 11.5 Å². The number of aromatic amines is 1. The second-order valence-corrected chi connectivity index (χ2v) is 18.0. The molecule has 0 bridgehead atoms. The predicted octanol–water partition coefficient (Wildman–Crippen LogP) is 8.87. The van der Waals surface area contributed by atoms with E-state index < -0.39 is 31.4 Å². The van der Waals surface area contributed by atoms with E-state index in [9.17, 15) is 23.3 Å². The molecule has 2 heterocycles. The van der Waals surface area contributed by atoms with Gasteiger partial charge in [0.2, 0.25) is 0 Å². The lowest BCUT2D eigenvalue weighted by atomic mass is 9.72. The molecule has 5 aromatic rings. The van der Waals surface area contributed by atoms with Crippen LogP contribution in [-0.2, 0) is 14.8 Å². The number of sulfonamides is 1. The number of amides is 1. The number of halogens is 1. The van der Waals surface area contributed by atoms with Gasteiger partial charge in [-0.3, -0.25) is 19.8 Å². The molecular formula is C44H49ClN6O7S. The largest absolute Gasteiger partial charge is 0.456 e. The van der Waals surface area contributed by atoms with E-state index in [0.29, 0.717) is 25.3 Å². The van der Waals surface area contributed by atoms with Gasteiger partial charge in [-0.15, -0.1) is 0 Å². The van der Waals surface area contributed by atoms with Crippen molar-refractivity contribution >= 4 is 61.1 Å². The Morgan fingerprint density at radius 2 is 1.76 bits per heavy atom. The van der Waals surface area contributed by atoms with Crippen LogP contribution in [0.15, 0.2) is 102 Å². The van der Waals surface area contributed by atoms with E-state index in [2.05, 4.69) is 50.8 Å². The molecule has 3 N–H and O–H groups in total. The highest BCUT2D eigenvalue weighted by Crippen LogP contribution is 2.43. The molecule has 0 unspecified atom stereocenters. The highest BCUT2D eigenvalue weighted by Gasteiger charge is 2.30. The quantitative estimate of drug-likeness (QED) is 0.0528. The predicted molar refractivity (Wildman–Crippen MR) is 232 cm³/mol. The summed E-state index contributed by atoms with van der Waals surface area (Å²) in [6, 6.07) is 24.1. The highest BCUT2D eigenvalue weighted by molar-refractivity contribution is 7.90. The van der Waals surface area contributed by atoms with Gasteiger partial charge < -0.3 is 24.7 Å². The van der Waals surface area contributed by atoms with Crippen LogP contribution >= 0.6 is 11.6 Å². The number of anilines is 2. The number of rotatable bonds is 15. The molecule has 1 saturated heterocycles. The van der Waals surface area contributed by atoms with Crippen LogP contribution < -0.4 is 19.7 Å². The lowest BCUT2D eigenvalue weighted by Gasteiger charge is -2.39. The molecule has 0 spiro atoms. The van der Waals surface area contributed by atoms with Gasteiger partial charge in [-0.2, -0.15) is 0 Å². The molecule has 1 aliphatic carbocycles. The zero-order valence-electron chi connectivity index (χ0n) is 33.4. The van der Waals surface area contributed by atoms with Crippen LogP contribution in [0.25, 0.3) is 16.5 Å². The lowest BCUT2D eigenvalue weighted by molar-refractivity contribution is -0.384. The number of nitro groups is 1. The number of carbonyl (C=O) groups excluding carboxylic acids is 1. The second-order valence-electron chi connectivity index (χ2n) is 15.8. The van der Waals surface area contributed by atoms with Gasteiger partial charge in [0, 0.05) is 92.9 Å². The number of methoxy groups -OCH3 is 1.